The summed E-state index contributed by atoms with van der Waals surface area (Å²) in [5, 5.41) is 14.2. The van der Waals surface area contributed by atoms with Gasteiger partial charge in [0.05, 0.1) is 29.5 Å². The van der Waals surface area contributed by atoms with Crippen LogP contribution in [0.3, 0.4) is 0 Å². The Morgan fingerprint density at radius 3 is 2.20 bits per heavy atom. The highest BCUT2D eigenvalue weighted by molar-refractivity contribution is 6.39. The monoisotopic (exact) mass is 699 g/mol. The van der Waals surface area contributed by atoms with Crippen LogP contribution >= 0.6 is 23.2 Å². The second-order valence-electron chi connectivity index (χ2n) is 12.8. The van der Waals surface area contributed by atoms with Crippen LogP contribution in [0.5, 0.6) is 11.6 Å². The number of aromatic nitrogens is 1. The van der Waals surface area contributed by atoms with Gasteiger partial charge in [0.2, 0.25) is 17.7 Å². The molecule has 0 saturated carbocycles. The second-order valence-corrected chi connectivity index (χ2v) is 13.5. The number of nitrogens with zero attached hydrogens (tertiary/aromatic N) is 1. The van der Waals surface area contributed by atoms with E-state index in [0.717, 1.165) is 70.5 Å². The van der Waals surface area contributed by atoms with Crippen molar-refractivity contribution in [3.63, 3.8) is 0 Å². The lowest BCUT2D eigenvalue weighted by atomic mass is 9.94. The maximum absolute atomic E-state index is 11.6. The third-order valence-corrected chi connectivity index (χ3v) is 10.4. The molecule has 254 valence electrons. The molecule has 4 aromatic rings. The average molecular weight is 701 g/mol. The molecule has 3 aliphatic rings. The third-order valence-electron chi connectivity index (χ3n) is 9.55. The molecule has 3 aliphatic heterocycles. The van der Waals surface area contributed by atoms with Gasteiger partial charge in [-0.25, -0.2) is 4.98 Å². The Hall–Kier alpha value is -4.15. The van der Waals surface area contributed by atoms with Gasteiger partial charge in [-0.1, -0.05) is 77.8 Å². The quantitative estimate of drug-likeness (QED) is 0.142. The Morgan fingerprint density at radius 2 is 1.51 bits per heavy atom. The minimum atomic E-state index is 0.103. The average Bonchev–Trinajstić information content (AvgIpc) is 3.74. The van der Waals surface area contributed by atoms with E-state index in [4.69, 9.17) is 37.7 Å². The fourth-order valence-corrected chi connectivity index (χ4v) is 7.59. The second kappa shape index (κ2) is 14.8. The molecule has 7 rings (SSSR count). The van der Waals surface area contributed by atoms with Gasteiger partial charge in [0.25, 0.3) is 0 Å². The SMILES string of the molecule is COc1nc(-c2cccc(-c3cccc(-c4ccc5c(c4)OCCC5NC[C@@H]4CCC(=O)N4)c3Cl)c2Cl)ccc1CNC[C@@H]1CCC(=O)N1. The highest BCUT2D eigenvalue weighted by Gasteiger charge is 2.26. The third kappa shape index (κ3) is 7.26. The first-order chi connectivity index (χ1) is 23.9. The number of hydrogen-bond acceptors (Lipinski definition) is 7. The fraction of sp³-hybridized carbons (Fsp3) is 0.342. The summed E-state index contributed by atoms with van der Waals surface area (Å²) in [5.74, 6) is 1.58. The van der Waals surface area contributed by atoms with Gasteiger partial charge < -0.3 is 30.7 Å². The van der Waals surface area contributed by atoms with Crippen LogP contribution in [0.4, 0.5) is 0 Å². The highest BCUT2D eigenvalue weighted by atomic mass is 35.5. The highest BCUT2D eigenvalue weighted by Crippen LogP contribution is 2.44. The van der Waals surface area contributed by atoms with Crippen molar-refractivity contribution < 1.29 is 19.1 Å². The number of amides is 2. The van der Waals surface area contributed by atoms with Crippen LogP contribution in [0, 0.1) is 0 Å². The molecular weight excluding hydrogens is 661 g/mol. The molecule has 11 heteroatoms. The van der Waals surface area contributed by atoms with Crippen LogP contribution in [0.1, 0.15) is 49.3 Å². The number of nitrogens with one attached hydrogen (secondary N) is 4. The largest absolute Gasteiger partial charge is 0.493 e. The molecule has 1 aromatic heterocycles. The molecule has 3 aromatic carbocycles. The Morgan fingerprint density at radius 1 is 0.837 bits per heavy atom. The molecule has 1 unspecified atom stereocenters. The van der Waals surface area contributed by atoms with Crippen molar-refractivity contribution in [3.8, 4) is 45.1 Å². The maximum atomic E-state index is 11.6. The van der Waals surface area contributed by atoms with Crippen LogP contribution in [-0.4, -0.2) is 55.7 Å². The van der Waals surface area contributed by atoms with Crippen LogP contribution in [0.15, 0.2) is 66.7 Å². The van der Waals surface area contributed by atoms with Gasteiger partial charge in [-0.3, -0.25) is 9.59 Å². The van der Waals surface area contributed by atoms with E-state index in [-0.39, 0.29) is 29.9 Å². The smallest absolute Gasteiger partial charge is 0.220 e. The number of fused-ring (bicyclic) bond motifs is 1. The number of carbonyl (C=O) groups excluding carboxylic acids is 2. The lowest BCUT2D eigenvalue weighted by Crippen LogP contribution is -2.38. The minimum absolute atomic E-state index is 0.103. The van der Waals surface area contributed by atoms with Crippen molar-refractivity contribution in [2.45, 2.75) is 56.8 Å². The molecule has 0 bridgehead atoms. The predicted octanol–water partition coefficient (Wildman–Crippen LogP) is 6.46. The molecule has 4 heterocycles. The molecule has 0 spiro atoms. The van der Waals surface area contributed by atoms with E-state index in [1.807, 2.05) is 48.5 Å². The fourth-order valence-electron chi connectivity index (χ4n) is 6.93. The summed E-state index contributed by atoms with van der Waals surface area (Å²) < 4.78 is 11.8. The molecule has 2 amide bonds. The lowest BCUT2D eigenvalue weighted by Gasteiger charge is -2.28. The molecule has 49 heavy (non-hydrogen) atoms. The van der Waals surface area contributed by atoms with Crippen LogP contribution in [-0.2, 0) is 16.1 Å². The van der Waals surface area contributed by atoms with E-state index in [9.17, 15) is 9.59 Å². The topological polar surface area (TPSA) is 114 Å². The van der Waals surface area contributed by atoms with E-state index < -0.39 is 0 Å². The van der Waals surface area contributed by atoms with Crippen LogP contribution in [0.2, 0.25) is 10.0 Å². The molecule has 3 atom stereocenters. The van der Waals surface area contributed by atoms with Crippen molar-refractivity contribution in [1.29, 1.82) is 0 Å². The van der Waals surface area contributed by atoms with E-state index in [0.29, 0.717) is 54.2 Å². The van der Waals surface area contributed by atoms with Crippen molar-refractivity contribution in [1.82, 2.24) is 26.3 Å². The number of ether oxygens (including phenoxy) is 2. The van der Waals surface area contributed by atoms with Crippen molar-refractivity contribution in [3.05, 3.63) is 87.9 Å². The molecule has 0 aliphatic carbocycles. The van der Waals surface area contributed by atoms with Crippen molar-refractivity contribution in [2.24, 2.45) is 0 Å². The predicted molar refractivity (Wildman–Crippen MR) is 192 cm³/mol. The van der Waals surface area contributed by atoms with Gasteiger partial charge in [-0.15, -0.1) is 0 Å². The summed E-state index contributed by atoms with van der Waals surface area (Å²) in [5.41, 5.74) is 6.92. The molecule has 2 saturated heterocycles. The molecule has 4 N–H and O–H groups in total. The first-order valence-electron chi connectivity index (χ1n) is 16.8. The zero-order valence-electron chi connectivity index (χ0n) is 27.3. The summed E-state index contributed by atoms with van der Waals surface area (Å²) >= 11 is 14.3. The maximum Gasteiger partial charge on any atom is 0.220 e. The van der Waals surface area contributed by atoms with Gasteiger partial charge in [-0.2, -0.15) is 0 Å². The van der Waals surface area contributed by atoms with E-state index in [1.54, 1.807) is 7.11 Å². The van der Waals surface area contributed by atoms with Gasteiger partial charge in [0.1, 0.15) is 5.75 Å². The number of hydrogen-bond donors (Lipinski definition) is 4. The number of methoxy groups -OCH3 is 1. The number of rotatable bonds is 11. The number of benzene rings is 3. The Balaban J connectivity index is 1.10. The standard InChI is InChI=1S/C38H39Cl2N5O4/c1-48-38-23(19-41-20-24-10-14-34(46)43-24)9-13-32(45-38)30-7-3-6-28(37(30)40)27-5-2-4-26(36(27)39)22-8-12-29-31(16-17-49-33(29)18-22)42-21-25-11-15-35(47)44-25/h2-9,12-13,18,24-25,31,41-42H,10-11,14-17,19-21H2,1H3,(H,43,46)(H,44,47)/t24-,25-,31?/m0/s1. The molecule has 2 fully saturated rings. The van der Waals surface area contributed by atoms with Crippen LogP contribution in [0.25, 0.3) is 33.5 Å². The molecule has 0 radical (unpaired) electrons. The zero-order chi connectivity index (χ0) is 33.9. The van der Waals surface area contributed by atoms with E-state index in [1.165, 1.54) is 0 Å². The lowest BCUT2D eigenvalue weighted by molar-refractivity contribution is -0.120. The Bertz CT molecular complexity index is 1890. The van der Waals surface area contributed by atoms with Crippen molar-refractivity contribution in [2.75, 3.05) is 26.8 Å². The normalized spacial score (nSPS) is 20.0. The zero-order valence-corrected chi connectivity index (χ0v) is 28.8. The van der Waals surface area contributed by atoms with Crippen molar-refractivity contribution >= 4 is 35.0 Å². The first kappa shape index (κ1) is 33.4. The van der Waals surface area contributed by atoms with Gasteiger partial charge in [0.15, 0.2) is 0 Å². The van der Waals surface area contributed by atoms with E-state index >= 15 is 0 Å². The Labute approximate surface area is 296 Å². The summed E-state index contributed by atoms with van der Waals surface area (Å²) in [7, 11) is 1.61. The minimum Gasteiger partial charge on any atom is -0.493 e. The summed E-state index contributed by atoms with van der Waals surface area (Å²) in [6.45, 7) is 2.59. The summed E-state index contributed by atoms with van der Waals surface area (Å²) in [6.07, 6.45) is 3.73. The number of carbonyl (C=O) groups is 2. The number of halogens is 2. The van der Waals surface area contributed by atoms with Gasteiger partial charge >= 0.3 is 0 Å². The first-order valence-corrected chi connectivity index (χ1v) is 17.5. The number of pyridine rings is 1. The summed E-state index contributed by atoms with van der Waals surface area (Å²) in [6, 6.07) is 22.5. The molecule has 9 nitrogen and oxygen atoms in total. The van der Waals surface area contributed by atoms with E-state index in [2.05, 4.69) is 39.5 Å². The van der Waals surface area contributed by atoms with Crippen LogP contribution < -0.4 is 30.7 Å². The summed E-state index contributed by atoms with van der Waals surface area (Å²) in [4.78, 5) is 27.9. The Kier molecular flexibility index (Phi) is 10.0. The van der Waals surface area contributed by atoms with Gasteiger partial charge in [-0.05, 0) is 30.5 Å². The molecular formula is C38H39Cl2N5O4. The van der Waals surface area contributed by atoms with Gasteiger partial charge in [0, 0.05) is 90.4 Å².